The van der Waals surface area contributed by atoms with Crippen molar-refractivity contribution in [3.63, 3.8) is 0 Å². The van der Waals surface area contributed by atoms with Crippen molar-refractivity contribution >= 4 is 0 Å². The summed E-state index contributed by atoms with van der Waals surface area (Å²) >= 11 is 0. The Labute approximate surface area is 110 Å². The molecule has 0 amide bonds. The van der Waals surface area contributed by atoms with E-state index in [2.05, 4.69) is 34.7 Å². The Kier molecular flexibility index (Phi) is 5.20. The minimum absolute atomic E-state index is 0.551. The first-order valence-electron chi connectivity index (χ1n) is 7.21. The number of nitrogens with zero attached hydrogens (tertiary/aromatic N) is 1. The van der Waals surface area contributed by atoms with E-state index >= 15 is 0 Å². The Bertz CT molecular complexity index is 339. The predicted molar refractivity (Wildman–Crippen MR) is 74.5 cm³/mol. The van der Waals surface area contributed by atoms with E-state index in [0.717, 1.165) is 6.54 Å². The van der Waals surface area contributed by atoms with Crippen LogP contribution < -0.4 is 10.6 Å². The average Bonchev–Trinajstić information content (AvgIpc) is 2.61. The fourth-order valence-corrected chi connectivity index (χ4v) is 2.65. The zero-order valence-electron chi connectivity index (χ0n) is 11.6. The Hall–Kier alpha value is -0.870. The lowest BCUT2D eigenvalue weighted by atomic mass is 10.0. The van der Waals surface area contributed by atoms with Crippen LogP contribution in [0, 0.1) is 6.92 Å². The molecule has 18 heavy (non-hydrogen) atoms. The molecule has 1 saturated heterocycles. The van der Waals surface area contributed by atoms with Gasteiger partial charge in [-0.05, 0) is 39.7 Å². The molecule has 1 aromatic rings. The zero-order valence-corrected chi connectivity index (χ0v) is 11.6. The first-order chi connectivity index (χ1) is 8.75. The van der Waals surface area contributed by atoms with Gasteiger partial charge < -0.3 is 10.6 Å². The molecule has 2 rings (SSSR count). The highest BCUT2D eigenvalue weighted by Crippen LogP contribution is 2.13. The van der Waals surface area contributed by atoms with E-state index in [4.69, 9.17) is 0 Å². The molecule has 1 aliphatic rings. The summed E-state index contributed by atoms with van der Waals surface area (Å²) in [6, 6.07) is 1.25. The molecule has 2 atom stereocenters. The van der Waals surface area contributed by atoms with Gasteiger partial charge >= 0.3 is 0 Å². The fourth-order valence-electron chi connectivity index (χ4n) is 2.65. The van der Waals surface area contributed by atoms with Crippen LogP contribution in [0.5, 0.6) is 0 Å². The molecule has 0 spiro atoms. The first kappa shape index (κ1) is 13.6. The maximum absolute atomic E-state index is 4.05. The number of aromatic amines is 1. The van der Waals surface area contributed by atoms with E-state index < -0.39 is 0 Å². The van der Waals surface area contributed by atoms with Gasteiger partial charge in [-0.15, -0.1) is 0 Å². The SMILES string of the molecule is Cc1[nH]ncc1CNC(C)CC1CCCCCN1. The summed E-state index contributed by atoms with van der Waals surface area (Å²) in [6.45, 7) is 6.46. The number of nitrogens with one attached hydrogen (secondary N) is 3. The molecule has 2 unspecified atom stereocenters. The van der Waals surface area contributed by atoms with Crippen molar-refractivity contribution in [2.75, 3.05) is 6.54 Å². The quantitative estimate of drug-likeness (QED) is 0.750. The smallest absolute Gasteiger partial charge is 0.0535 e. The second-order valence-corrected chi connectivity index (χ2v) is 5.54. The number of aryl methyl sites for hydroxylation is 1. The van der Waals surface area contributed by atoms with Crippen molar-refractivity contribution in [2.45, 2.75) is 64.6 Å². The summed E-state index contributed by atoms with van der Waals surface area (Å²) in [5.74, 6) is 0. The largest absolute Gasteiger partial charge is 0.314 e. The molecule has 0 saturated carbocycles. The minimum Gasteiger partial charge on any atom is -0.314 e. The fraction of sp³-hybridized carbons (Fsp3) is 0.786. The number of rotatable bonds is 5. The highest BCUT2D eigenvalue weighted by molar-refractivity contribution is 5.13. The Morgan fingerprint density at radius 3 is 3.11 bits per heavy atom. The molecule has 0 bridgehead atoms. The highest BCUT2D eigenvalue weighted by Gasteiger charge is 2.14. The van der Waals surface area contributed by atoms with Gasteiger partial charge in [0.05, 0.1) is 6.20 Å². The van der Waals surface area contributed by atoms with Gasteiger partial charge in [0.1, 0.15) is 0 Å². The van der Waals surface area contributed by atoms with Crippen LogP contribution in [0.3, 0.4) is 0 Å². The molecular weight excluding hydrogens is 224 g/mol. The average molecular weight is 250 g/mol. The van der Waals surface area contributed by atoms with Crippen molar-refractivity contribution in [2.24, 2.45) is 0 Å². The first-order valence-corrected chi connectivity index (χ1v) is 7.21. The third-order valence-corrected chi connectivity index (χ3v) is 3.88. The van der Waals surface area contributed by atoms with Crippen molar-refractivity contribution in [3.8, 4) is 0 Å². The molecule has 1 aromatic heterocycles. The van der Waals surface area contributed by atoms with Crippen LogP contribution in [0.4, 0.5) is 0 Å². The molecule has 1 aliphatic heterocycles. The Balaban J connectivity index is 1.71. The van der Waals surface area contributed by atoms with Crippen molar-refractivity contribution in [1.29, 1.82) is 0 Å². The normalized spacial score (nSPS) is 22.7. The minimum atomic E-state index is 0.551. The van der Waals surface area contributed by atoms with Crippen molar-refractivity contribution < 1.29 is 0 Å². The Morgan fingerprint density at radius 1 is 1.44 bits per heavy atom. The van der Waals surface area contributed by atoms with Gasteiger partial charge in [0, 0.05) is 29.9 Å². The molecule has 0 aromatic carbocycles. The predicted octanol–water partition coefficient (Wildman–Crippen LogP) is 2.12. The maximum atomic E-state index is 4.05. The maximum Gasteiger partial charge on any atom is 0.0535 e. The van der Waals surface area contributed by atoms with Gasteiger partial charge in [0.2, 0.25) is 0 Å². The van der Waals surface area contributed by atoms with E-state index in [1.165, 1.54) is 49.9 Å². The van der Waals surface area contributed by atoms with Gasteiger partial charge in [0.15, 0.2) is 0 Å². The molecule has 102 valence electrons. The number of hydrogen-bond acceptors (Lipinski definition) is 3. The summed E-state index contributed by atoms with van der Waals surface area (Å²) in [6.07, 6.45) is 8.57. The van der Waals surface area contributed by atoms with Gasteiger partial charge in [-0.2, -0.15) is 5.10 Å². The topological polar surface area (TPSA) is 52.7 Å². The van der Waals surface area contributed by atoms with E-state index in [-0.39, 0.29) is 0 Å². The van der Waals surface area contributed by atoms with Crippen LogP contribution >= 0.6 is 0 Å². The van der Waals surface area contributed by atoms with Crippen molar-refractivity contribution in [1.82, 2.24) is 20.8 Å². The van der Waals surface area contributed by atoms with E-state index in [1.807, 2.05) is 6.20 Å². The van der Waals surface area contributed by atoms with Gasteiger partial charge in [0.25, 0.3) is 0 Å². The lowest BCUT2D eigenvalue weighted by Crippen LogP contribution is -2.36. The summed E-state index contributed by atoms with van der Waals surface area (Å²) in [4.78, 5) is 0. The Morgan fingerprint density at radius 2 is 2.33 bits per heavy atom. The molecule has 0 aliphatic carbocycles. The van der Waals surface area contributed by atoms with Crippen LogP contribution in [0.15, 0.2) is 6.20 Å². The second-order valence-electron chi connectivity index (χ2n) is 5.54. The molecule has 0 radical (unpaired) electrons. The summed E-state index contributed by atoms with van der Waals surface area (Å²) in [7, 11) is 0. The van der Waals surface area contributed by atoms with Crippen LogP contribution in [-0.4, -0.2) is 28.8 Å². The molecule has 4 heteroatoms. The molecule has 1 fully saturated rings. The standard InChI is InChI=1S/C14H26N4/c1-11(8-14-6-4-3-5-7-15-14)16-9-13-10-17-18-12(13)2/h10-11,14-16H,3-9H2,1-2H3,(H,17,18). The van der Waals surface area contributed by atoms with E-state index in [0.29, 0.717) is 12.1 Å². The lowest BCUT2D eigenvalue weighted by Gasteiger charge is -2.21. The van der Waals surface area contributed by atoms with Gasteiger partial charge in [-0.25, -0.2) is 0 Å². The third-order valence-electron chi connectivity index (χ3n) is 3.88. The van der Waals surface area contributed by atoms with Crippen LogP contribution in [0.25, 0.3) is 0 Å². The number of aromatic nitrogens is 2. The molecular formula is C14H26N4. The summed E-state index contributed by atoms with van der Waals surface area (Å²) < 4.78 is 0. The molecule has 4 nitrogen and oxygen atoms in total. The highest BCUT2D eigenvalue weighted by atomic mass is 15.1. The van der Waals surface area contributed by atoms with Crippen LogP contribution in [0.1, 0.15) is 50.3 Å². The second kappa shape index (κ2) is 6.90. The van der Waals surface area contributed by atoms with E-state index in [9.17, 15) is 0 Å². The molecule has 2 heterocycles. The summed E-state index contributed by atoms with van der Waals surface area (Å²) in [5, 5.41) is 14.3. The van der Waals surface area contributed by atoms with Gasteiger partial charge in [-0.1, -0.05) is 12.8 Å². The van der Waals surface area contributed by atoms with Crippen LogP contribution in [0.2, 0.25) is 0 Å². The van der Waals surface area contributed by atoms with Gasteiger partial charge in [-0.3, -0.25) is 5.10 Å². The third kappa shape index (κ3) is 4.10. The van der Waals surface area contributed by atoms with Crippen molar-refractivity contribution in [3.05, 3.63) is 17.5 Å². The molecule has 3 N–H and O–H groups in total. The van der Waals surface area contributed by atoms with E-state index in [1.54, 1.807) is 0 Å². The monoisotopic (exact) mass is 250 g/mol. The zero-order chi connectivity index (χ0) is 12.8. The lowest BCUT2D eigenvalue weighted by molar-refractivity contribution is 0.402. The number of hydrogen-bond donors (Lipinski definition) is 3. The van der Waals surface area contributed by atoms with Crippen LogP contribution in [-0.2, 0) is 6.54 Å². The summed E-state index contributed by atoms with van der Waals surface area (Å²) in [5.41, 5.74) is 2.44. The number of H-pyrrole nitrogens is 1.